The number of benzene rings is 3. The van der Waals surface area contributed by atoms with E-state index >= 15 is 0 Å². The van der Waals surface area contributed by atoms with Gasteiger partial charge in [0.05, 0.1) is 38.3 Å². The highest BCUT2D eigenvalue weighted by Crippen LogP contribution is 2.31. The maximum absolute atomic E-state index is 13.5. The van der Waals surface area contributed by atoms with Crippen molar-refractivity contribution in [3.8, 4) is 11.5 Å². The van der Waals surface area contributed by atoms with E-state index in [-0.39, 0.29) is 17.2 Å². The fourth-order valence-corrected chi connectivity index (χ4v) is 4.71. The van der Waals surface area contributed by atoms with E-state index in [1.807, 2.05) is 6.07 Å². The lowest BCUT2D eigenvalue weighted by atomic mass is 10.2. The minimum absolute atomic E-state index is 0.0216. The quantitative estimate of drug-likeness (QED) is 0.427. The number of methoxy groups -OCH3 is 3. The first-order valence-electron chi connectivity index (χ1n) is 10.5. The summed E-state index contributed by atoms with van der Waals surface area (Å²) < 4.78 is 43.3. The molecule has 3 aromatic carbocycles. The van der Waals surface area contributed by atoms with E-state index < -0.39 is 28.4 Å². The molecule has 3 rings (SSSR count). The van der Waals surface area contributed by atoms with Gasteiger partial charge in [0.25, 0.3) is 0 Å². The number of sulfonamides is 1. The van der Waals surface area contributed by atoms with Gasteiger partial charge in [0, 0.05) is 18.3 Å². The summed E-state index contributed by atoms with van der Waals surface area (Å²) in [6.07, 6.45) is 0. The van der Waals surface area contributed by atoms with Gasteiger partial charge < -0.3 is 19.5 Å². The second kappa shape index (κ2) is 11.5. The first-order chi connectivity index (χ1) is 16.8. The van der Waals surface area contributed by atoms with Gasteiger partial charge in [0.15, 0.2) is 11.5 Å². The van der Waals surface area contributed by atoms with Gasteiger partial charge >= 0.3 is 5.97 Å². The minimum atomic E-state index is -4.09. The highest BCUT2D eigenvalue weighted by Gasteiger charge is 2.28. The normalized spacial score (nSPS) is 11.1. The molecule has 35 heavy (non-hydrogen) atoms. The third kappa shape index (κ3) is 6.37. The van der Waals surface area contributed by atoms with Crippen molar-refractivity contribution >= 4 is 27.6 Å². The van der Waals surface area contributed by atoms with E-state index in [1.165, 1.54) is 63.8 Å². The molecule has 3 aromatic rings. The molecular formula is C25H26N2O7S. The zero-order valence-electron chi connectivity index (χ0n) is 19.6. The van der Waals surface area contributed by atoms with Gasteiger partial charge in [-0.1, -0.05) is 30.3 Å². The lowest BCUT2D eigenvalue weighted by Gasteiger charge is -2.22. The van der Waals surface area contributed by atoms with Gasteiger partial charge in [0.2, 0.25) is 15.9 Å². The summed E-state index contributed by atoms with van der Waals surface area (Å²) >= 11 is 0. The van der Waals surface area contributed by atoms with Crippen molar-refractivity contribution in [2.45, 2.75) is 11.4 Å². The van der Waals surface area contributed by atoms with E-state index in [9.17, 15) is 18.0 Å². The Morgan fingerprint density at radius 1 is 0.857 bits per heavy atom. The number of hydrogen-bond acceptors (Lipinski definition) is 7. The Balaban J connectivity index is 1.87. The van der Waals surface area contributed by atoms with Crippen molar-refractivity contribution in [3.05, 3.63) is 83.9 Å². The van der Waals surface area contributed by atoms with Crippen LogP contribution in [0.4, 0.5) is 5.69 Å². The maximum atomic E-state index is 13.5. The summed E-state index contributed by atoms with van der Waals surface area (Å²) in [5.41, 5.74) is 1.45. The Labute approximate surface area is 204 Å². The van der Waals surface area contributed by atoms with Gasteiger partial charge in [-0.15, -0.1) is 0 Å². The van der Waals surface area contributed by atoms with Crippen LogP contribution in [0, 0.1) is 0 Å². The van der Waals surface area contributed by atoms with E-state index in [1.54, 1.807) is 24.3 Å². The number of nitrogens with zero attached hydrogens (tertiary/aromatic N) is 1. The first kappa shape index (κ1) is 25.7. The average molecular weight is 499 g/mol. The fraction of sp³-hybridized carbons (Fsp3) is 0.200. The number of carbonyl (C=O) groups excluding carboxylic acids is 2. The molecule has 1 N–H and O–H groups in total. The molecule has 0 aliphatic carbocycles. The molecule has 1 amide bonds. The largest absolute Gasteiger partial charge is 0.493 e. The van der Waals surface area contributed by atoms with E-state index in [2.05, 4.69) is 10.1 Å². The van der Waals surface area contributed by atoms with Crippen LogP contribution < -0.4 is 14.8 Å². The van der Waals surface area contributed by atoms with Crippen molar-refractivity contribution in [1.29, 1.82) is 0 Å². The number of ether oxygens (including phenoxy) is 3. The zero-order chi connectivity index (χ0) is 25.4. The average Bonchev–Trinajstić information content (AvgIpc) is 2.88. The van der Waals surface area contributed by atoms with Gasteiger partial charge in [-0.25, -0.2) is 13.2 Å². The van der Waals surface area contributed by atoms with Crippen molar-refractivity contribution in [1.82, 2.24) is 4.31 Å². The summed E-state index contributed by atoms with van der Waals surface area (Å²) in [6.45, 7) is -0.462. The van der Waals surface area contributed by atoms with Crippen LogP contribution in [0.3, 0.4) is 0 Å². The Morgan fingerprint density at radius 3 is 2.11 bits per heavy atom. The lowest BCUT2D eigenvalue weighted by Crippen LogP contribution is -2.37. The number of hydrogen-bond donors (Lipinski definition) is 1. The predicted molar refractivity (Wildman–Crippen MR) is 130 cm³/mol. The third-order valence-electron chi connectivity index (χ3n) is 5.10. The second-order valence-corrected chi connectivity index (χ2v) is 9.33. The summed E-state index contributed by atoms with van der Waals surface area (Å²) in [7, 11) is 0.0520. The van der Waals surface area contributed by atoms with Crippen molar-refractivity contribution in [2.75, 3.05) is 33.2 Å². The third-order valence-corrected chi connectivity index (χ3v) is 6.89. The lowest BCUT2D eigenvalue weighted by molar-refractivity contribution is -0.116. The molecule has 0 aromatic heterocycles. The van der Waals surface area contributed by atoms with Crippen LogP contribution in [0.1, 0.15) is 15.9 Å². The first-order valence-corrected chi connectivity index (χ1v) is 12.0. The highest BCUT2D eigenvalue weighted by atomic mass is 32.2. The molecule has 0 aliphatic heterocycles. The van der Waals surface area contributed by atoms with Gasteiger partial charge in [-0.2, -0.15) is 4.31 Å². The number of carbonyl (C=O) groups is 2. The smallest absolute Gasteiger partial charge is 0.337 e. The summed E-state index contributed by atoms with van der Waals surface area (Å²) in [4.78, 5) is 24.4. The number of esters is 1. The zero-order valence-corrected chi connectivity index (χ0v) is 20.4. The molecule has 0 saturated carbocycles. The van der Waals surface area contributed by atoms with Crippen LogP contribution in [0.5, 0.6) is 11.5 Å². The molecule has 0 heterocycles. The molecule has 184 valence electrons. The van der Waals surface area contributed by atoms with E-state index in [0.29, 0.717) is 22.6 Å². The molecule has 0 atom stereocenters. The number of nitrogens with one attached hydrogen (secondary N) is 1. The number of rotatable bonds is 10. The summed E-state index contributed by atoms with van der Waals surface area (Å²) in [6, 6.07) is 19.3. The van der Waals surface area contributed by atoms with Crippen LogP contribution in [0.2, 0.25) is 0 Å². The van der Waals surface area contributed by atoms with E-state index in [0.717, 1.165) is 4.31 Å². The van der Waals surface area contributed by atoms with Crippen molar-refractivity contribution in [2.24, 2.45) is 0 Å². The molecule has 0 unspecified atom stereocenters. The van der Waals surface area contributed by atoms with Crippen molar-refractivity contribution in [3.63, 3.8) is 0 Å². The van der Waals surface area contributed by atoms with Gasteiger partial charge in [0.1, 0.15) is 0 Å². The maximum Gasteiger partial charge on any atom is 0.337 e. The molecule has 0 spiro atoms. The monoisotopic (exact) mass is 498 g/mol. The van der Waals surface area contributed by atoms with Crippen LogP contribution >= 0.6 is 0 Å². The highest BCUT2D eigenvalue weighted by molar-refractivity contribution is 7.89. The number of amides is 1. The Morgan fingerprint density at radius 2 is 1.51 bits per heavy atom. The Kier molecular flexibility index (Phi) is 8.45. The molecule has 0 fully saturated rings. The molecule has 9 nitrogen and oxygen atoms in total. The van der Waals surface area contributed by atoms with Gasteiger partial charge in [-0.3, -0.25) is 4.79 Å². The standard InChI is InChI=1S/C25H26N2O7S/c1-32-22-14-13-21(15-23(22)33-2)35(30,31)27(16-18-7-5-4-6-8-18)17-24(28)26-20-11-9-19(10-12-20)25(29)34-3/h4-15H,16-17H2,1-3H3,(H,26,28). The van der Waals surface area contributed by atoms with Crippen LogP contribution in [-0.2, 0) is 26.1 Å². The van der Waals surface area contributed by atoms with Gasteiger partial charge in [-0.05, 0) is 42.0 Å². The minimum Gasteiger partial charge on any atom is -0.493 e. The molecular weight excluding hydrogens is 472 g/mol. The molecule has 0 bridgehead atoms. The summed E-state index contributed by atoms with van der Waals surface area (Å²) in [5.74, 6) is -0.411. The Hall–Kier alpha value is -3.89. The number of anilines is 1. The summed E-state index contributed by atoms with van der Waals surface area (Å²) in [5, 5.41) is 2.66. The SMILES string of the molecule is COC(=O)c1ccc(NC(=O)CN(Cc2ccccc2)S(=O)(=O)c2ccc(OC)c(OC)c2)cc1. The van der Waals surface area contributed by atoms with Crippen LogP contribution in [0.25, 0.3) is 0 Å². The van der Waals surface area contributed by atoms with Crippen LogP contribution in [0.15, 0.2) is 77.7 Å². The topological polar surface area (TPSA) is 111 Å². The van der Waals surface area contributed by atoms with Crippen molar-refractivity contribution < 1.29 is 32.2 Å². The molecule has 0 radical (unpaired) electrons. The van der Waals surface area contributed by atoms with E-state index in [4.69, 9.17) is 9.47 Å². The Bertz CT molecular complexity index is 1280. The van der Waals surface area contributed by atoms with Crippen LogP contribution in [-0.4, -0.2) is 52.5 Å². The molecule has 10 heteroatoms. The molecule has 0 aliphatic rings. The fourth-order valence-electron chi connectivity index (χ4n) is 3.31. The molecule has 0 saturated heterocycles. The predicted octanol–water partition coefficient (Wildman–Crippen LogP) is 3.32. The second-order valence-electron chi connectivity index (χ2n) is 7.39.